The summed E-state index contributed by atoms with van der Waals surface area (Å²) >= 11 is 0. The summed E-state index contributed by atoms with van der Waals surface area (Å²) in [6, 6.07) is 9.41. The minimum absolute atomic E-state index is 0.0632. The Hall–Kier alpha value is -2.10. The highest BCUT2D eigenvalue weighted by Gasteiger charge is 2.20. The molecule has 18 heavy (non-hydrogen) atoms. The number of benzene rings is 1. The van der Waals surface area contributed by atoms with E-state index >= 15 is 0 Å². The van der Waals surface area contributed by atoms with Crippen molar-refractivity contribution in [3.8, 4) is 0 Å². The third-order valence-corrected chi connectivity index (χ3v) is 2.40. The molecule has 0 aromatic heterocycles. The molecule has 1 amide bonds. The second-order valence-corrected chi connectivity index (χ2v) is 3.76. The number of amides is 1. The number of hydrogen-bond acceptors (Lipinski definition) is 3. The zero-order valence-electron chi connectivity index (χ0n) is 10.7. The predicted molar refractivity (Wildman–Crippen MR) is 68.4 cm³/mol. The number of hydrogen-bond donors (Lipinski definition) is 0. The number of rotatable bonds is 5. The fourth-order valence-electron chi connectivity index (χ4n) is 1.49. The van der Waals surface area contributed by atoms with E-state index in [0.717, 1.165) is 5.56 Å². The standard InChI is InChI=1S/C14H17NO3/c1-4-18-14(17)11(2)15(12(3)16)10-13-8-6-5-7-9-13/h5-9H,2,4,10H2,1,3H3. The Labute approximate surface area is 107 Å². The molecule has 1 rings (SSSR count). The first-order chi connectivity index (χ1) is 8.56. The van der Waals surface area contributed by atoms with Gasteiger partial charge in [0, 0.05) is 6.92 Å². The Kier molecular flexibility index (Phi) is 5.11. The van der Waals surface area contributed by atoms with E-state index in [9.17, 15) is 9.59 Å². The van der Waals surface area contributed by atoms with Crippen LogP contribution in [0.4, 0.5) is 0 Å². The molecular formula is C14H17NO3. The zero-order chi connectivity index (χ0) is 13.5. The van der Waals surface area contributed by atoms with Gasteiger partial charge in [0.15, 0.2) is 0 Å². The van der Waals surface area contributed by atoms with Gasteiger partial charge in [-0.15, -0.1) is 0 Å². The molecule has 0 saturated carbocycles. The Morgan fingerprint density at radius 2 is 1.89 bits per heavy atom. The molecule has 0 aliphatic rings. The lowest BCUT2D eigenvalue weighted by atomic mass is 10.2. The summed E-state index contributed by atoms with van der Waals surface area (Å²) in [5.41, 5.74) is 0.992. The lowest BCUT2D eigenvalue weighted by Gasteiger charge is -2.21. The monoisotopic (exact) mass is 247 g/mol. The highest BCUT2D eigenvalue weighted by Crippen LogP contribution is 2.11. The third-order valence-electron chi connectivity index (χ3n) is 2.40. The maximum absolute atomic E-state index is 11.6. The molecule has 0 N–H and O–H groups in total. The maximum atomic E-state index is 11.6. The van der Waals surface area contributed by atoms with Crippen molar-refractivity contribution in [2.45, 2.75) is 20.4 Å². The van der Waals surface area contributed by atoms with E-state index in [4.69, 9.17) is 4.74 Å². The zero-order valence-corrected chi connectivity index (χ0v) is 10.7. The number of esters is 1. The van der Waals surface area contributed by atoms with Crippen molar-refractivity contribution >= 4 is 11.9 Å². The highest BCUT2D eigenvalue weighted by molar-refractivity contribution is 5.92. The minimum Gasteiger partial charge on any atom is -0.461 e. The molecule has 1 aromatic rings. The van der Waals surface area contributed by atoms with E-state index in [-0.39, 0.29) is 18.2 Å². The Morgan fingerprint density at radius 3 is 2.39 bits per heavy atom. The van der Waals surface area contributed by atoms with Crippen LogP contribution < -0.4 is 0 Å². The quantitative estimate of drug-likeness (QED) is 0.591. The Morgan fingerprint density at radius 1 is 1.28 bits per heavy atom. The first-order valence-corrected chi connectivity index (χ1v) is 5.74. The van der Waals surface area contributed by atoms with Crippen LogP contribution in [0.25, 0.3) is 0 Å². The van der Waals surface area contributed by atoms with Gasteiger partial charge in [0.25, 0.3) is 0 Å². The topological polar surface area (TPSA) is 46.6 Å². The van der Waals surface area contributed by atoms with Crippen LogP contribution in [0.2, 0.25) is 0 Å². The molecule has 0 saturated heterocycles. The molecule has 4 nitrogen and oxygen atoms in total. The number of nitrogens with zero attached hydrogens (tertiary/aromatic N) is 1. The van der Waals surface area contributed by atoms with E-state index in [1.54, 1.807) is 6.92 Å². The van der Waals surface area contributed by atoms with E-state index in [2.05, 4.69) is 6.58 Å². The molecule has 4 heteroatoms. The average molecular weight is 247 g/mol. The van der Waals surface area contributed by atoms with E-state index < -0.39 is 5.97 Å². The molecule has 0 aliphatic heterocycles. The van der Waals surface area contributed by atoms with Crippen LogP contribution in [-0.2, 0) is 20.9 Å². The number of carbonyl (C=O) groups excluding carboxylic acids is 2. The summed E-state index contributed by atoms with van der Waals surface area (Å²) in [5.74, 6) is -0.805. The van der Waals surface area contributed by atoms with Gasteiger partial charge in [-0.1, -0.05) is 36.9 Å². The molecular weight excluding hydrogens is 230 g/mol. The molecule has 0 heterocycles. The van der Waals surface area contributed by atoms with Crippen molar-refractivity contribution in [1.82, 2.24) is 4.90 Å². The molecule has 96 valence electrons. The van der Waals surface area contributed by atoms with Gasteiger partial charge in [0.05, 0.1) is 13.2 Å². The first kappa shape index (κ1) is 14.0. The summed E-state index contributed by atoms with van der Waals surface area (Å²) in [5, 5.41) is 0. The Bertz CT molecular complexity index is 440. The van der Waals surface area contributed by atoms with Crippen LogP contribution in [0.5, 0.6) is 0 Å². The van der Waals surface area contributed by atoms with Crippen molar-refractivity contribution in [1.29, 1.82) is 0 Å². The van der Waals surface area contributed by atoms with Gasteiger partial charge in [-0.3, -0.25) is 4.79 Å². The fourth-order valence-corrected chi connectivity index (χ4v) is 1.49. The number of ether oxygens (including phenoxy) is 1. The minimum atomic E-state index is -0.566. The largest absolute Gasteiger partial charge is 0.461 e. The molecule has 0 bridgehead atoms. The van der Waals surface area contributed by atoms with Crippen LogP contribution >= 0.6 is 0 Å². The van der Waals surface area contributed by atoms with Crippen molar-refractivity contribution in [2.75, 3.05) is 6.61 Å². The van der Waals surface area contributed by atoms with Gasteiger partial charge in [-0.25, -0.2) is 4.79 Å². The van der Waals surface area contributed by atoms with Gasteiger partial charge >= 0.3 is 5.97 Å². The van der Waals surface area contributed by atoms with Gasteiger partial charge in [-0.05, 0) is 12.5 Å². The average Bonchev–Trinajstić information content (AvgIpc) is 2.36. The van der Waals surface area contributed by atoms with Crippen molar-refractivity contribution < 1.29 is 14.3 Å². The Balaban J connectivity index is 2.81. The SMILES string of the molecule is C=C(C(=O)OCC)N(Cc1ccccc1)C(C)=O. The fraction of sp³-hybridized carbons (Fsp3) is 0.286. The lowest BCUT2D eigenvalue weighted by Crippen LogP contribution is -2.31. The van der Waals surface area contributed by atoms with Crippen LogP contribution in [0, 0.1) is 0 Å². The van der Waals surface area contributed by atoms with E-state index in [1.165, 1.54) is 11.8 Å². The van der Waals surface area contributed by atoms with Crippen LogP contribution in [0.15, 0.2) is 42.6 Å². The van der Waals surface area contributed by atoms with Gasteiger partial charge in [0.2, 0.25) is 5.91 Å². The van der Waals surface area contributed by atoms with Crippen LogP contribution in [0.3, 0.4) is 0 Å². The van der Waals surface area contributed by atoms with E-state index in [1.807, 2.05) is 30.3 Å². The summed E-state index contributed by atoms with van der Waals surface area (Å²) in [7, 11) is 0. The molecule has 0 fully saturated rings. The maximum Gasteiger partial charge on any atom is 0.354 e. The van der Waals surface area contributed by atoms with E-state index in [0.29, 0.717) is 6.54 Å². The lowest BCUT2D eigenvalue weighted by molar-refractivity contribution is -0.143. The molecule has 0 atom stereocenters. The normalized spacial score (nSPS) is 9.67. The third kappa shape index (κ3) is 3.73. The smallest absolute Gasteiger partial charge is 0.354 e. The first-order valence-electron chi connectivity index (χ1n) is 5.74. The molecule has 0 aliphatic carbocycles. The van der Waals surface area contributed by atoms with Gasteiger partial charge < -0.3 is 9.64 Å². The molecule has 0 spiro atoms. The molecule has 1 aromatic carbocycles. The molecule has 0 radical (unpaired) electrons. The second kappa shape index (κ2) is 6.59. The summed E-state index contributed by atoms with van der Waals surface area (Å²) in [6.07, 6.45) is 0. The van der Waals surface area contributed by atoms with Gasteiger partial charge in [-0.2, -0.15) is 0 Å². The van der Waals surface area contributed by atoms with Crippen LogP contribution in [-0.4, -0.2) is 23.4 Å². The van der Waals surface area contributed by atoms with Crippen molar-refractivity contribution in [3.63, 3.8) is 0 Å². The van der Waals surface area contributed by atoms with Crippen LogP contribution in [0.1, 0.15) is 19.4 Å². The van der Waals surface area contributed by atoms with Crippen molar-refractivity contribution in [3.05, 3.63) is 48.2 Å². The predicted octanol–water partition coefficient (Wildman–Crippen LogP) is 2.11. The summed E-state index contributed by atoms with van der Waals surface area (Å²) < 4.78 is 4.84. The summed E-state index contributed by atoms with van der Waals surface area (Å²) in [4.78, 5) is 24.4. The second-order valence-electron chi connectivity index (χ2n) is 3.76. The van der Waals surface area contributed by atoms with Crippen molar-refractivity contribution in [2.24, 2.45) is 0 Å². The highest BCUT2D eigenvalue weighted by atomic mass is 16.5. The molecule has 0 unspecified atom stereocenters. The summed E-state index contributed by atoms with van der Waals surface area (Å²) in [6.45, 7) is 7.30. The number of carbonyl (C=O) groups is 2. The van der Waals surface area contributed by atoms with Gasteiger partial charge in [0.1, 0.15) is 5.70 Å².